The van der Waals surface area contributed by atoms with E-state index in [-0.39, 0.29) is 0 Å². The molecule has 2 aromatic rings. The van der Waals surface area contributed by atoms with E-state index < -0.39 is 0 Å². The Morgan fingerprint density at radius 2 is 1.62 bits per heavy atom. The molecule has 1 atom stereocenters. The van der Waals surface area contributed by atoms with E-state index in [2.05, 4.69) is 55.5 Å². The summed E-state index contributed by atoms with van der Waals surface area (Å²) in [5.74, 6) is 0.307. The summed E-state index contributed by atoms with van der Waals surface area (Å²) in [6.07, 6.45) is 0. The van der Waals surface area contributed by atoms with Crippen LogP contribution in [0.15, 0.2) is 54.6 Å². The summed E-state index contributed by atoms with van der Waals surface area (Å²) in [6.45, 7) is 2.76. The first kappa shape index (κ1) is 10.9. The van der Waals surface area contributed by atoms with Gasteiger partial charge in [-0.25, -0.2) is 0 Å². The van der Waals surface area contributed by atoms with Crippen LogP contribution in [0, 0.1) is 6.92 Å². The highest BCUT2D eigenvalue weighted by Crippen LogP contribution is 2.23. The highest BCUT2D eigenvalue weighted by atomic mass is 14.5. The van der Waals surface area contributed by atoms with Crippen molar-refractivity contribution in [2.45, 2.75) is 12.8 Å². The molecule has 0 spiro atoms. The number of hydrogen-bond acceptors (Lipinski definition) is 1. The molecule has 2 N–H and O–H groups in total. The minimum Gasteiger partial charge on any atom is -0.330 e. The molecule has 2 aromatic carbocycles. The van der Waals surface area contributed by atoms with Crippen molar-refractivity contribution in [1.29, 1.82) is 0 Å². The lowest BCUT2D eigenvalue weighted by Crippen LogP contribution is -2.13. The molecule has 0 heterocycles. The second-order valence-corrected chi connectivity index (χ2v) is 4.11. The van der Waals surface area contributed by atoms with E-state index in [0.717, 1.165) is 0 Å². The number of benzene rings is 2. The van der Waals surface area contributed by atoms with Crippen molar-refractivity contribution in [3.63, 3.8) is 0 Å². The molecule has 0 aliphatic rings. The van der Waals surface area contributed by atoms with Gasteiger partial charge in [-0.2, -0.15) is 0 Å². The summed E-state index contributed by atoms with van der Waals surface area (Å²) < 4.78 is 0. The molecule has 82 valence electrons. The van der Waals surface area contributed by atoms with E-state index in [0.29, 0.717) is 12.5 Å². The smallest absolute Gasteiger partial charge is 0.0212 e. The van der Waals surface area contributed by atoms with Crippen LogP contribution in [0.1, 0.15) is 22.6 Å². The number of nitrogens with two attached hydrogens (primary N) is 1. The van der Waals surface area contributed by atoms with Crippen LogP contribution in [0.25, 0.3) is 0 Å². The highest BCUT2D eigenvalue weighted by molar-refractivity contribution is 5.34. The van der Waals surface area contributed by atoms with Crippen molar-refractivity contribution < 1.29 is 0 Å². The van der Waals surface area contributed by atoms with Gasteiger partial charge in [-0.1, -0.05) is 60.2 Å². The largest absolute Gasteiger partial charge is 0.330 e. The van der Waals surface area contributed by atoms with Crippen LogP contribution in [0.4, 0.5) is 0 Å². The third-order valence-corrected chi connectivity index (χ3v) is 2.88. The van der Waals surface area contributed by atoms with E-state index >= 15 is 0 Å². The molecule has 16 heavy (non-hydrogen) atoms. The molecule has 0 saturated heterocycles. The molecule has 0 aromatic heterocycles. The average molecular weight is 211 g/mol. The van der Waals surface area contributed by atoms with E-state index in [9.17, 15) is 0 Å². The molecule has 0 radical (unpaired) electrons. The number of aryl methyl sites for hydroxylation is 1. The van der Waals surface area contributed by atoms with E-state index in [1.807, 2.05) is 6.07 Å². The van der Waals surface area contributed by atoms with Crippen molar-refractivity contribution in [2.24, 2.45) is 5.73 Å². The van der Waals surface area contributed by atoms with Gasteiger partial charge < -0.3 is 5.73 Å². The third-order valence-electron chi connectivity index (χ3n) is 2.88. The Morgan fingerprint density at radius 3 is 2.25 bits per heavy atom. The molecule has 0 bridgehead atoms. The molecule has 1 heteroatoms. The van der Waals surface area contributed by atoms with E-state index in [4.69, 9.17) is 5.73 Å². The zero-order valence-corrected chi connectivity index (χ0v) is 9.56. The summed E-state index contributed by atoms with van der Waals surface area (Å²) in [5.41, 5.74) is 9.76. The summed E-state index contributed by atoms with van der Waals surface area (Å²) in [6, 6.07) is 19.0. The first-order chi connectivity index (χ1) is 7.81. The van der Waals surface area contributed by atoms with Crippen LogP contribution in [0.5, 0.6) is 0 Å². The van der Waals surface area contributed by atoms with E-state index in [1.54, 1.807) is 0 Å². The van der Waals surface area contributed by atoms with Gasteiger partial charge in [0.2, 0.25) is 0 Å². The Kier molecular flexibility index (Phi) is 3.37. The normalized spacial score (nSPS) is 12.4. The van der Waals surface area contributed by atoms with Gasteiger partial charge in [-0.05, 0) is 18.1 Å². The predicted octanol–water partition coefficient (Wildman–Crippen LogP) is 3.09. The average Bonchev–Trinajstić information content (AvgIpc) is 2.31. The Bertz CT molecular complexity index is 448. The Morgan fingerprint density at radius 1 is 0.938 bits per heavy atom. The molecule has 0 aliphatic heterocycles. The standard InChI is InChI=1S/C15H17N/c1-12-6-5-9-14(10-12)15(11-16)13-7-3-2-4-8-13/h2-10,15H,11,16H2,1H3. The summed E-state index contributed by atoms with van der Waals surface area (Å²) in [5, 5.41) is 0. The SMILES string of the molecule is Cc1cccc(C(CN)c2ccccc2)c1. The molecular weight excluding hydrogens is 194 g/mol. The van der Waals surface area contributed by atoms with Crippen LogP contribution in [-0.2, 0) is 0 Å². The Balaban J connectivity index is 2.37. The maximum Gasteiger partial charge on any atom is 0.0212 e. The zero-order valence-electron chi connectivity index (χ0n) is 9.56. The van der Waals surface area contributed by atoms with Crippen molar-refractivity contribution in [2.75, 3.05) is 6.54 Å². The van der Waals surface area contributed by atoms with Crippen LogP contribution < -0.4 is 5.73 Å². The monoisotopic (exact) mass is 211 g/mol. The lowest BCUT2D eigenvalue weighted by Gasteiger charge is -2.16. The van der Waals surface area contributed by atoms with Gasteiger partial charge in [-0.3, -0.25) is 0 Å². The van der Waals surface area contributed by atoms with Crippen LogP contribution >= 0.6 is 0 Å². The van der Waals surface area contributed by atoms with Gasteiger partial charge in [0.25, 0.3) is 0 Å². The third kappa shape index (κ3) is 2.31. The van der Waals surface area contributed by atoms with Crippen molar-refractivity contribution >= 4 is 0 Å². The van der Waals surface area contributed by atoms with Gasteiger partial charge in [0, 0.05) is 12.5 Å². The van der Waals surface area contributed by atoms with E-state index in [1.165, 1.54) is 16.7 Å². The Hall–Kier alpha value is -1.60. The minimum atomic E-state index is 0.307. The van der Waals surface area contributed by atoms with Crippen molar-refractivity contribution in [3.8, 4) is 0 Å². The fourth-order valence-corrected chi connectivity index (χ4v) is 2.04. The van der Waals surface area contributed by atoms with Crippen molar-refractivity contribution in [3.05, 3.63) is 71.3 Å². The fourth-order valence-electron chi connectivity index (χ4n) is 2.04. The molecule has 1 nitrogen and oxygen atoms in total. The molecule has 0 aliphatic carbocycles. The molecule has 0 saturated carbocycles. The van der Waals surface area contributed by atoms with Gasteiger partial charge in [0.05, 0.1) is 0 Å². The predicted molar refractivity (Wildman–Crippen MR) is 68.5 cm³/mol. The van der Waals surface area contributed by atoms with Gasteiger partial charge in [0.1, 0.15) is 0 Å². The quantitative estimate of drug-likeness (QED) is 0.829. The van der Waals surface area contributed by atoms with Gasteiger partial charge >= 0.3 is 0 Å². The number of hydrogen-bond donors (Lipinski definition) is 1. The topological polar surface area (TPSA) is 26.0 Å². The maximum absolute atomic E-state index is 5.89. The minimum absolute atomic E-state index is 0.307. The maximum atomic E-state index is 5.89. The second-order valence-electron chi connectivity index (χ2n) is 4.11. The number of rotatable bonds is 3. The van der Waals surface area contributed by atoms with Gasteiger partial charge in [-0.15, -0.1) is 0 Å². The first-order valence-electron chi connectivity index (χ1n) is 5.63. The summed E-state index contributed by atoms with van der Waals surface area (Å²) in [4.78, 5) is 0. The highest BCUT2D eigenvalue weighted by Gasteiger charge is 2.11. The Labute approximate surface area is 96.9 Å². The lowest BCUT2D eigenvalue weighted by molar-refractivity contribution is 0.818. The second kappa shape index (κ2) is 4.95. The first-order valence-corrected chi connectivity index (χ1v) is 5.63. The molecule has 0 fully saturated rings. The fraction of sp³-hybridized carbons (Fsp3) is 0.200. The molecule has 2 rings (SSSR count). The lowest BCUT2D eigenvalue weighted by atomic mass is 9.91. The van der Waals surface area contributed by atoms with Crippen LogP contribution in [0.3, 0.4) is 0 Å². The molecule has 0 amide bonds. The van der Waals surface area contributed by atoms with Crippen molar-refractivity contribution in [1.82, 2.24) is 0 Å². The summed E-state index contributed by atoms with van der Waals surface area (Å²) in [7, 11) is 0. The van der Waals surface area contributed by atoms with Crippen LogP contribution in [-0.4, -0.2) is 6.54 Å². The molecule has 1 unspecified atom stereocenters. The molecular formula is C15H17N. The van der Waals surface area contributed by atoms with Gasteiger partial charge in [0.15, 0.2) is 0 Å². The zero-order chi connectivity index (χ0) is 11.4. The van der Waals surface area contributed by atoms with Crippen LogP contribution in [0.2, 0.25) is 0 Å². The summed E-state index contributed by atoms with van der Waals surface area (Å²) >= 11 is 0.